The van der Waals surface area contributed by atoms with Crippen LogP contribution in [-0.4, -0.2) is 87.4 Å². The first kappa shape index (κ1) is 34.0. The van der Waals surface area contributed by atoms with Crippen molar-refractivity contribution < 1.29 is 39.0 Å². The van der Waals surface area contributed by atoms with E-state index in [2.05, 4.69) is 25.9 Å². The lowest BCUT2D eigenvalue weighted by Gasteiger charge is -2.25. The number of benzene rings is 1. The lowest BCUT2D eigenvalue weighted by Crippen LogP contribution is -2.57. The third-order valence-corrected chi connectivity index (χ3v) is 6.33. The molecular weight excluding hydrogens is 566 g/mol. The van der Waals surface area contributed by atoms with Crippen LogP contribution in [0, 0.1) is 0 Å². The second kappa shape index (κ2) is 16.3. The summed E-state index contributed by atoms with van der Waals surface area (Å²) in [6, 6.07) is 1.60. The molecule has 0 bridgehead atoms. The van der Waals surface area contributed by atoms with Crippen LogP contribution in [0.25, 0.3) is 10.9 Å². The Morgan fingerprint density at radius 3 is 2.07 bits per heavy atom. The number of carboxylic acid groups (broad SMARTS) is 2. The first-order valence-corrected chi connectivity index (χ1v) is 13.3. The molecule has 234 valence electrons. The van der Waals surface area contributed by atoms with Crippen molar-refractivity contribution in [3.05, 3.63) is 36.0 Å². The van der Waals surface area contributed by atoms with Gasteiger partial charge in [-0.15, -0.1) is 0 Å². The number of aliphatic carboxylic acids is 2. The molecule has 14 N–H and O–H groups in total. The summed E-state index contributed by atoms with van der Waals surface area (Å²) < 4.78 is 0. The number of carbonyl (C=O) groups is 6. The second-order valence-corrected chi connectivity index (χ2v) is 9.74. The Morgan fingerprint density at radius 1 is 0.860 bits per heavy atom. The molecule has 4 amide bonds. The van der Waals surface area contributed by atoms with Crippen molar-refractivity contribution in [3.63, 3.8) is 0 Å². The summed E-state index contributed by atoms with van der Waals surface area (Å²) in [5.41, 5.74) is 22.8. The van der Waals surface area contributed by atoms with E-state index < -0.39 is 72.6 Å². The number of aromatic amines is 1. The largest absolute Gasteiger partial charge is 0.481 e. The number of aliphatic imine (C=N–C) groups is 1. The summed E-state index contributed by atoms with van der Waals surface area (Å²) in [5, 5.41) is 26.9. The van der Waals surface area contributed by atoms with Gasteiger partial charge >= 0.3 is 11.9 Å². The quantitative estimate of drug-likeness (QED) is 0.0477. The van der Waals surface area contributed by atoms with E-state index in [1.54, 1.807) is 30.5 Å². The maximum atomic E-state index is 13.2. The van der Waals surface area contributed by atoms with Gasteiger partial charge in [-0.2, -0.15) is 0 Å². The van der Waals surface area contributed by atoms with E-state index in [1.165, 1.54) is 0 Å². The van der Waals surface area contributed by atoms with Gasteiger partial charge in [-0.3, -0.25) is 29.0 Å². The fourth-order valence-electron chi connectivity index (χ4n) is 4.16. The highest BCUT2D eigenvalue weighted by Crippen LogP contribution is 2.19. The number of aromatic nitrogens is 1. The molecule has 17 nitrogen and oxygen atoms in total. The van der Waals surface area contributed by atoms with Crippen molar-refractivity contribution in [3.8, 4) is 0 Å². The van der Waals surface area contributed by atoms with Gasteiger partial charge in [0, 0.05) is 36.5 Å². The SMILES string of the molecule is NC(=O)CC(N)C(=O)NC(CCCN=C(N)N)C(=O)NC(CCC(=O)O)C(=O)NC(Cc1c[nH]c2ccccc12)C(=O)O. The van der Waals surface area contributed by atoms with Crippen molar-refractivity contribution in [2.45, 2.75) is 62.7 Å². The number of primary amides is 1. The number of para-hydroxylation sites is 1. The highest BCUT2D eigenvalue weighted by atomic mass is 16.4. The van der Waals surface area contributed by atoms with Gasteiger partial charge in [0.1, 0.15) is 18.1 Å². The number of guanidine groups is 1. The van der Waals surface area contributed by atoms with Crippen LogP contribution in [0.1, 0.15) is 37.7 Å². The molecule has 2 aromatic rings. The normalized spacial score (nSPS) is 13.6. The fraction of sp³-hybridized carbons (Fsp3) is 0.423. The third-order valence-electron chi connectivity index (χ3n) is 6.33. The number of hydrogen-bond donors (Lipinski definition) is 10. The minimum Gasteiger partial charge on any atom is -0.481 e. The molecule has 0 radical (unpaired) electrons. The number of hydrogen-bond acceptors (Lipinski definition) is 8. The Labute approximate surface area is 245 Å². The summed E-state index contributed by atoms with van der Waals surface area (Å²) in [6.07, 6.45) is 0.250. The van der Waals surface area contributed by atoms with Crippen LogP contribution in [0.3, 0.4) is 0 Å². The smallest absolute Gasteiger partial charge is 0.326 e. The second-order valence-electron chi connectivity index (χ2n) is 9.74. The Hall–Kier alpha value is -5.19. The molecule has 17 heteroatoms. The molecule has 0 aliphatic rings. The monoisotopic (exact) mass is 603 g/mol. The average molecular weight is 604 g/mol. The molecule has 43 heavy (non-hydrogen) atoms. The molecule has 0 spiro atoms. The molecule has 4 unspecified atom stereocenters. The predicted molar refractivity (Wildman–Crippen MR) is 154 cm³/mol. The first-order chi connectivity index (χ1) is 20.3. The summed E-state index contributed by atoms with van der Waals surface area (Å²) in [5.74, 6) is -6.37. The standard InChI is InChI=1S/C26H37N9O8/c27-15(11-20(28)36)22(39)33-17(6-3-9-31-26(29)30)23(40)34-18(7-8-21(37)38)24(41)35-19(25(42)43)10-13-12-32-16-5-2-1-4-14(13)16/h1-2,4-5,12,15,17-19,32H,3,6-11,27H2,(H2,28,36)(H,33,39)(H,34,40)(H,35,41)(H,37,38)(H,42,43)(H4,29,30,31). The molecule has 0 aliphatic heterocycles. The van der Waals surface area contributed by atoms with E-state index in [9.17, 15) is 39.0 Å². The molecule has 0 fully saturated rings. The molecule has 1 heterocycles. The van der Waals surface area contributed by atoms with Gasteiger partial charge in [0.2, 0.25) is 23.6 Å². The highest BCUT2D eigenvalue weighted by Gasteiger charge is 2.31. The van der Waals surface area contributed by atoms with E-state index in [4.69, 9.17) is 22.9 Å². The number of nitrogens with two attached hydrogens (primary N) is 4. The molecule has 4 atom stereocenters. The maximum Gasteiger partial charge on any atom is 0.326 e. The van der Waals surface area contributed by atoms with Crippen LogP contribution in [0.2, 0.25) is 0 Å². The summed E-state index contributed by atoms with van der Waals surface area (Å²) >= 11 is 0. The van der Waals surface area contributed by atoms with Crippen LogP contribution < -0.4 is 38.9 Å². The number of carbonyl (C=O) groups excluding carboxylic acids is 4. The highest BCUT2D eigenvalue weighted by molar-refractivity contribution is 5.95. The molecule has 0 saturated heterocycles. The van der Waals surface area contributed by atoms with Gasteiger partial charge in [-0.1, -0.05) is 18.2 Å². The van der Waals surface area contributed by atoms with Gasteiger partial charge in [0.25, 0.3) is 0 Å². The maximum absolute atomic E-state index is 13.2. The Morgan fingerprint density at radius 2 is 1.47 bits per heavy atom. The van der Waals surface area contributed by atoms with Gasteiger partial charge in [0.15, 0.2) is 5.96 Å². The van der Waals surface area contributed by atoms with E-state index >= 15 is 0 Å². The summed E-state index contributed by atoms with van der Waals surface area (Å²) in [6.45, 7) is 0.0897. The molecule has 1 aromatic heterocycles. The lowest BCUT2D eigenvalue weighted by atomic mass is 10.0. The van der Waals surface area contributed by atoms with Gasteiger partial charge in [-0.25, -0.2) is 4.79 Å². The van der Waals surface area contributed by atoms with E-state index in [1.807, 2.05) is 0 Å². The number of nitrogens with zero attached hydrogens (tertiary/aromatic N) is 1. The molecular formula is C26H37N9O8. The summed E-state index contributed by atoms with van der Waals surface area (Å²) in [7, 11) is 0. The van der Waals surface area contributed by atoms with Gasteiger partial charge in [0.05, 0.1) is 12.5 Å². The minimum absolute atomic E-state index is 0.0385. The Balaban J connectivity index is 2.22. The number of amides is 4. The summed E-state index contributed by atoms with van der Waals surface area (Å²) in [4.78, 5) is 80.3. The van der Waals surface area contributed by atoms with Crippen molar-refractivity contribution in [2.24, 2.45) is 27.9 Å². The van der Waals surface area contributed by atoms with Crippen LogP contribution in [0.5, 0.6) is 0 Å². The predicted octanol–water partition coefficient (Wildman–Crippen LogP) is -2.63. The lowest BCUT2D eigenvalue weighted by molar-refractivity contribution is -0.143. The van der Waals surface area contributed by atoms with Crippen LogP contribution >= 0.6 is 0 Å². The molecule has 0 saturated carbocycles. The zero-order valence-corrected chi connectivity index (χ0v) is 23.2. The van der Waals surface area contributed by atoms with Crippen molar-refractivity contribution in [2.75, 3.05) is 6.54 Å². The Kier molecular flexibility index (Phi) is 12.9. The van der Waals surface area contributed by atoms with Gasteiger partial charge < -0.3 is 54.1 Å². The number of H-pyrrole nitrogens is 1. The first-order valence-electron chi connectivity index (χ1n) is 13.3. The zero-order valence-electron chi connectivity index (χ0n) is 23.2. The molecule has 1 aromatic carbocycles. The van der Waals surface area contributed by atoms with E-state index in [-0.39, 0.29) is 38.2 Å². The third kappa shape index (κ3) is 11.3. The fourth-order valence-corrected chi connectivity index (χ4v) is 4.16. The number of fused-ring (bicyclic) bond motifs is 1. The van der Waals surface area contributed by atoms with Crippen LogP contribution in [0.4, 0.5) is 0 Å². The topological polar surface area (TPSA) is 311 Å². The van der Waals surface area contributed by atoms with E-state index in [0.717, 1.165) is 10.9 Å². The van der Waals surface area contributed by atoms with Crippen LogP contribution in [-0.2, 0) is 35.2 Å². The average Bonchev–Trinajstić information content (AvgIpc) is 3.33. The van der Waals surface area contributed by atoms with Crippen molar-refractivity contribution in [1.82, 2.24) is 20.9 Å². The number of carboxylic acids is 2. The minimum atomic E-state index is -1.48. The number of nitrogens with one attached hydrogen (secondary N) is 4. The van der Waals surface area contributed by atoms with Crippen molar-refractivity contribution in [1.29, 1.82) is 0 Å². The van der Waals surface area contributed by atoms with E-state index in [0.29, 0.717) is 5.56 Å². The van der Waals surface area contributed by atoms with Crippen LogP contribution in [0.15, 0.2) is 35.5 Å². The Bertz CT molecular complexity index is 1360. The molecule has 0 aliphatic carbocycles. The zero-order chi connectivity index (χ0) is 32.1. The number of rotatable bonds is 18. The van der Waals surface area contributed by atoms with Crippen molar-refractivity contribution >= 4 is 52.4 Å². The van der Waals surface area contributed by atoms with Gasteiger partial charge in [-0.05, 0) is 30.9 Å². The molecule has 2 rings (SSSR count).